The topological polar surface area (TPSA) is 45.3 Å². The Morgan fingerprint density at radius 1 is 1.17 bits per heavy atom. The van der Waals surface area contributed by atoms with Gasteiger partial charge in [0, 0.05) is 22.6 Å². The third-order valence-electron chi connectivity index (χ3n) is 6.37. The molecule has 158 valence electrons. The minimum absolute atomic E-state index is 0.304. The van der Waals surface area contributed by atoms with Gasteiger partial charge in [0.25, 0.3) is 0 Å². The number of aromatic nitrogens is 1. The number of nitrogens with one attached hydrogen (secondary N) is 1. The SMILES string of the molecule is CCN(CC)C1Cc2cc3[nH]c(C)c(C(=O)O[C@@H](C)c4ccc(F)cc4)c3cc2C1. The first-order chi connectivity index (χ1) is 14.4. The lowest BCUT2D eigenvalue weighted by Gasteiger charge is -2.25. The quantitative estimate of drug-likeness (QED) is 0.560. The van der Waals surface area contributed by atoms with Crippen molar-refractivity contribution in [3.63, 3.8) is 0 Å². The number of benzene rings is 2. The first-order valence-electron chi connectivity index (χ1n) is 10.8. The Morgan fingerprint density at radius 3 is 2.43 bits per heavy atom. The Morgan fingerprint density at radius 2 is 1.80 bits per heavy atom. The van der Waals surface area contributed by atoms with Crippen molar-refractivity contribution < 1.29 is 13.9 Å². The monoisotopic (exact) mass is 408 g/mol. The van der Waals surface area contributed by atoms with Gasteiger partial charge in [0.15, 0.2) is 0 Å². The van der Waals surface area contributed by atoms with Gasteiger partial charge in [-0.25, -0.2) is 9.18 Å². The molecule has 1 N–H and O–H groups in total. The first-order valence-corrected chi connectivity index (χ1v) is 10.8. The molecular formula is C25H29FN2O2. The summed E-state index contributed by atoms with van der Waals surface area (Å²) in [6.07, 6.45) is 1.60. The van der Waals surface area contributed by atoms with Crippen LogP contribution in [0.15, 0.2) is 36.4 Å². The molecule has 1 aliphatic rings. The number of nitrogens with zero attached hydrogens (tertiary/aromatic N) is 1. The number of aryl methyl sites for hydroxylation is 1. The van der Waals surface area contributed by atoms with Gasteiger partial charge in [-0.2, -0.15) is 0 Å². The van der Waals surface area contributed by atoms with Crippen LogP contribution in [0.1, 0.15) is 59.6 Å². The highest BCUT2D eigenvalue weighted by atomic mass is 19.1. The Bertz CT molecular complexity index is 1070. The zero-order chi connectivity index (χ0) is 21.4. The maximum Gasteiger partial charge on any atom is 0.341 e. The fraction of sp³-hybridized carbons (Fsp3) is 0.400. The summed E-state index contributed by atoms with van der Waals surface area (Å²) in [6.45, 7) is 10.2. The molecule has 5 heteroatoms. The van der Waals surface area contributed by atoms with Crippen LogP contribution >= 0.6 is 0 Å². The van der Waals surface area contributed by atoms with Gasteiger partial charge in [-0.3, -0.25) is 0 Å². The number of aromatic amines is 1. The Kier molecular flexibility index (Phi) is 5.65. The molecule has 1 heterocycles. The van der Waals surface area contributed by atoms with Gasteiger partial charge in [0.1, 0.15) is 11.9 Å². The maximum absolute atomic E-state index is 13.2. The normalized spacial score (nSPS) is 16.8. The van der Waals surface area contributed by atoms with Crippen molar-refractivity contribution in [3.8, 4) is 0 Å². The molecule has 0 aliphatic heterocycles. The number of fused-ring (bicyclic) bond motifs is 2. The van der Waals surface area contributed by atoms with Crippen molar-refractivity contribution in [2.45, 2.75) is 52.7 Å². The van der Waals surface area contributed by atoms with E-state index in [-0.39, 0.29) is 11.8 Å². The largest absolute Gasteiger partial charge is 0.454 e. The number of carbonyl (C=O) groups excluding carboxylic acids is 1. The third-order valence-corrected chi connectivity index (χ3v) is 6.37. The van der Waals surface area contributed by atoms with E-state index in [0.717, 1.165) is 48.1 Å². The number of hydrogen-bond donors (Lipinski definition) is 1. The average molecular weight is 409 g/mol. The summed E-state index contributed by atoms with van der Waals surface area (Å²) in [5.41, 5.74) is 5.83. The number of esters is 1. The number of H-pyrrole nitrogens is 1. The summed E-state index contributed by atoms with van der Waals surface area (Å²) in [7, 11) is 0. The van der Waals surface area contributed by atoms with Crippen molar-refractivity contribution in [2.24, 2.45) is 0 Å². The molecule has 1 unspecified atom stereocenters. The van der Waals surface area contributed by atoms with E-state index < -0.39 is 6.10 Å². The summed E-state index contributed by atoms with van der Waals surface area (Å²) >= 11 is 0. The second-order valence-corrected chi connectivity index (χ2v) is 8.17. The lowest BCUT2D eigenvalue weighted by molar-refractivity contribution is 0.0339. The molecule has 4 rings (SSSR count). The number of hydrogen-bond acceptors (Lipinski definition) is 3. The van der Waals surface area contributed by atoms with Gasteiger partial charge in [-0.05, 0) is 80.7 Å². The van der Waals surface area contributed by atoms with Crippen LogP contribution in [0.3, 0.4) is 0 Å². The first kappa shape index (κ1) is 20.6. The zero-order valence-corrected chi connectivity index (χ0v) is 18.1. The Balaban J connectivity index is 1.60. The Hall–Kier alpha value is -2.66. The van der Waals surface area contributed by atoms with E-state index in [1.807, 2.05) is 13.8 Å². The predicted molar refractivity (Wildman–Crippen MR) is 117 cm³/mol. The van der Waals surface area contributed by atoms with E-state index in [2.05, 4.69) is 35.9 Å². The standard InChI is InChI=1S/C25H29FN2O2/c1-5-28(6-2)21-11-18-13-22-23(14-19(18)12-21)27-15(3)24(22)25(29)30-16(4)17-7-9-20(26)10-8-17/h7-10,13-14,16,21,27H,5-6,11-12H2,1-4H3/t16-,21?/m0/s1. The molecular weight excluding hydrogens is 379 g/mol. The van der Waals surface area contributed by atoms with Crippen LogP contribution in [-0.4, -0.2) is 35.0 Å². The zero-order valence-electron chi connectivity index (χ0n) is 18.1. The molecule has 0 spiro atoms. The van der Waals surface area contributed by atoms with Crippen molar-refractivity contribution >= 4 is 16.9 Å². The minimum atomic E-state index is -0.455. The second-order valence-electron chi connectivity index (χ2n) is 8.17. The summed E-state index contributed by atoms with van der Waals surface area (Å²) in [5, 5.41) is 0.919. The van der Waals surface area contributed by atoms with Crippen molar-refractivity contribution in [1.82, 2.24) is 9.88 Å². The number of ether oxygens (including phenoxy) is 1. The predicted octanol–water partition coefficient (Wildman–Crippen LogP) is 5.34. The number of halogens is 1. The van der Waals surface area contributed by atoms with E-state index in [1.54, 1.807) is 12.1 Å². The number of rotatable bonds is 6. The van der Waals surface area contributed by atoms with Crippen LogP contribution in [0.25, 0.3) is 10.9 Å². The van der Waals surface area contributed by atoms with Crippen LogP contribution < -0.4 is 0 Å². The molecule has 2 aromatic carbocycles. The van der Waals surface area contributed by atoms with Crippen molar-refractivity contribution in [1.29, 1.82) is 0 Å². The van der Waals surface area contributed by atoms with Gasteiger partial charge in [-0.1, -0.05) is 26.0 Å². The molecule has 4 nitrogen and oxygen atoms in total. The average Bonchev–Trinajstić information content (AvgIpc) is 3.26. The fourth-order valence-electron chi connectivity index (χ4n) is 4.71. The number of carbonyl (C=O) groups is 1. The molecule has 0 bridgehead atoms. The van der Waals surface area contributed by atoms with E-state index in [9.17, 15) is 9.18 Å². The summed E-state index contributed by atoms with van der Waals surface area (Å²) in [5.74, 6) is -0.657. The third kappa shape index (κ3) is 3.74. The molecule has 0 saturated carbocycles. The van der Waals surface area contributed by atoms with Crippen LogP contribution in [-0.2, 0) is 17.6 Å². The lowest BCUT2D eigenvalue weighted by Crippen LogP contribution is -2.35. The summed E-state index contributed by atoms with van der Waals surface area (Å²) < 4.78 is 18.9. The molecule has 0 fully saturated rings. The molecule has 1 aliphatic carbocycles. The highest BCUT2D eigenvalue weighted by molar-refractivity contribution is 6.06. The maximum atomic E-state index is 13.2. The Labute approximate surface area is 177 Å². The van der Waals surface area contributed by atoms with Gasteiger partial charge in [0.05, 0.1) is 5.56 Å². The fourth-order valence-corrected chi connectivity index (χ4v) is 4.71. The van der Waals surface area contributed by atoms with E-state index in [0.29, 0.717) is 11.6 Å². The molecule has 0 amide bonds. The molecule has 30 heavy (non-hydrogen) atoms. The lowest BCUT2D eigenvalue weighted by atomic mass is 10.0. The highest BCUT2D eigenvalue weighted by Gasteiger charge is 2.28. The second kappa shape index (κ2) is 8.23. The van der Waals surface area contributed by atoms with Crippen molar-refractivity contribution in [3.05, 3.63) is 70.2 Å². The van der Waals surface area contributed by atoms with Gasteiger partial charge < -0.3 is 14.6 Å². The van der Waals surface area contributed by atoms with Crippen LogP contribution in [0.4, 0.5) is 4.39 Å². The van der Waals surface area contributed by atoms with E-state index in [4.69, 9.17) is 4.74 Å². The number of likely N-dealkylation sites (N-methyl/N-ethyl adjacent to an activating group) is 1. The van der Waals surface area contributed by atoms with Crippen molar-refractivity contribution in [2.75, 3.05) is 13.1 Å². The smallest absolute Gasteiger partial charge is 0.341 e. The minimum Gasteiger partial charge on any atom is -0.454 e. The molecule has 0 radical (unpaired) electrons. The van der Waals surface area contributed by atoms with Crippen LogP contribution in [0.5, 0.6) is 0 Å². The van der Waals surface area contributed by atoms with Crippen LogP contribution in [0, 0.1) is 12.7 Å². The van der Waals surface area contributed by atoms with Gasteiger partial charge in [-0.15, -0.1) is 0 Å². The van der Waals surface area contributed by atoms with Gasteiger partial charge >= 0.3 is 5.97 Å². The molecule has 0 saturated heterocycles. The molecule has 2 atom stereocenters. The highest BCUT2D eigenvalue weighted by Crippen LogP contribution is 2.33. The molecule has 3 aromatic rings. The molecule has 1 aromatic heterocycles. The van der Waals surface area contributed by atoms with E-state index >= 15 is 0 Å². The van der Waals surface area contributed by atoms with Crippen LogP contribution in [0.2, 0.25) is 0 Å². The van der Waals surface area contributed by atoms with E-state index in [1.165, 1.54) is 23.3 Å². The summed E-state index contributed by atoms with van der Waals surface area (Å²) in [6, 6.07) is 10.9. The van der Waals surface area contributed by atoms with Gasteiger partial charge in [0.2, 0.25) is 0 Å². The summed E-state index contributed by atoms with van der Waals surface area (Å²) in [4.78, 5) is 18.9.